The molecule has 6 atom stereocenters. The van der Waals surface area contributed by atoms with Gasteiger partial charge in [0.25, 0.3) is 0 Å². The van der Waals surface area contributed by atoms with Crippen molar-refractivity contribution in [3.05, 3.63) is 12.2 Å². The van der Waals surface area contributed by atoms with Gasteiger partial charge in [-0.2, -0.15) is 0 Å². The van der Waals surface area contributed by atoms with Crippen molar-refractivity contribution in [3.63, 3.8) is 0 Å². The molecule has 2 fully saturated rings. The number of rotatable bonds is 3. The molecule has 2 bridgehead atoms. The maximum Gasteiger partial charge on any atom is 0.191 e. The molecule has 0 amide bonds. The van der Waals surface area contributed by atoms with Crippen LogP contribution in [0.2, 0.25) is 0 Å². The molecular formula is C17H28O2. The third-order valence-corrected chi connectivity index (χ3v) is 5.38. The van der Waals surface area contributed by atoms with E-state index in [1.807, 2.05) is 0 Å². The summed E-state index contributed by atoms with van der Waals surface area (Å²) >= 11 is 0. The summed E-state index contributed by atoms with van der Waals surface area (Å²) in [6, 6.07) is 0. The van der Waals surface area contributed by atoms with Gasteiger partial charge in [0.2, 0.25) is 0 Å². The second-order valence-corrected chi connectivity index (χ2v) is 7.43. The third-order valence-electron chi connectivity index (χ3n) is 5.38. The molecule has 108 valence electrons. The first-order valence-electron chi connectivity index (χ1n) is 8.03. The zero-order valence-corrected chi connectivity index (χ0v) is 12.8. The summed E-state index contributed by atoms with van der Waals surface area (Å²) in [6.45, 7) is 9.32. The fourth-order valence-corrected chi connectivity index (χ4v) is 4.15. The van der Waals surface area contributed by atoms with Gasteiger partial charge in [-0.3, -0.25) is 0 Å². The second-order valence-electron chi connectivity index (χ2n) is 7.43. The first kappa shape index (κ1) is 13.6. The molecule has 6 unspecified atom stereocenters. The highest BCUT2D eigenvalue weighted by Gasteiger charge is 2.50. The fraction of sp³-hybridized carbons (Fsp3) is 0.882. The molecule has 0 radical (unpaired) electrons. The van der Waals surface area contributed by atoms with Crippen molar-refractivity contribution < 1.29 is 9.47 Å². The molecule has 0 N–H and O–H groups in total. The molecule has 2 nitrogen and oxygen atoms in total. The highest BCUT2D eigenvalue weighted by molar-refractivity contribution is 5.15. The Hall–Kier alpha value is -0.340. The molecule has 3 aliphatic rings. The van der Waals surface area contributed by atoms with Crippen molar-refractivity contribution in [2.45, 2.75) is 71.4 Å². The predicted octanol–water partition coefficient (Wildman–Crippen LogP) is 4.15. The van der Waals surface area contributed by atoms with Gasteiger partial charge in [0.15, 0.2) is 5.79 Å². The van der Waals surface area contributed by atoms with Crippen LogP contribution in [0.4, 0.5) is 0 Å². The lowest BCUT2D eigenvalue weighted by Crippen LogP contribution is -2.41. The Kier molecular flexibility index (Phi) is 3.51. The Morgan fingerprint density at radius 3 is 2.53 bits per heavy atom. The minimum atomic E-state index is -0.395. The van der Waals surface area contributed by atoms with E-state index in [-0.39, 0.29) is 0 Å². The minimum absolute atomic E-state index is 0.303. The van der Waals surface area contributed by atoms with Crippen LogP contribution in [0, 0.1) is 23.7 Å². The molecule has 1 saturated carbocycles. The highest BCUT2D eigenvalue weighted by atomic mass is 16.7. The van der Waals surface area contributed by atoms with Crippen LogP contribution >= 0.6 is 0 Å². The van der Waals surface area contributed by atoms with Crippen molar-refractivity contribution in [3.8, 4) is 0 Å². The van der Waals surface area contributed by atoms with Gasteiger partial charge in [0.05, 0.1) is 12.2 Å². The van der Waals surface area contributed by atoms with Gasteiger partial charge >= 0.3 is 0 Å². The van der Waals surface area contributed by atoms with E-state index in [1.54, 1.807) is 0 Å². The van der Waals surface area contributed by atoms with Crippen LogP contribution in [-0.2, 0) is 9.47 Å². The standard InChI is InChI=1S/C17H28O2/c1-11(2)14-7-12(3)8-16(10-14)19-17-6-5-15(18-17)9-13(17)4/h5-6,11-16H,7-10H2,1-4H3. The Balaban J connectivity index is 1.68. The molecule has 19 heavy (non-hydrogen) atoms. The van der Waals surface area contributed by atoms with Crippen LogP contribution in [0.15, 0.2) is 12.2 Å². The van der Waals surface area contributed by atoms with Crippen molar-refractivity contribution in [1.29, 1.82) is 0 Å². The van der Waals surface area contributed by atoms with E-state index in [0.29, 0.717) is 18.1 Å². The van der Waals surface area contributed by atoms with Crippen molar-refractivity contribution in [2.24, 2.45) is 23.7 Å². The van der Waals surface area contributed by atoms with Crippen LogP contribution < -0.4 is 0 Å². The Bertz CT molecular complexity index is 362. The van der Waals surface area contributed by atoms with E-state index >= 15 is 0 Å². The molecule has 0 aromatic heterocycles. The van der Waals surface area contributed by atoms with Gasteiger partial charge in [-0.25, -0.2) is 0 Å². The van der Waals surface area contributed by atoms with E-state index < -0.39 is 5.79 Å². The molecule has 0 aromatic carbocycles. The van der Waals surface area contributed by atoms with E-state index in [2.05, 4.69) is 39.8 Å². The van der Waals surface area contributed by atoms with Crippen molar-refractivity contribution in [1.82, 2.24) is 0 Å². The van der Waals surface area contributed by atoms with E-state index in [1.165, 1.54) is 19.3 Å². The maximum atomic E-state index is 6.48. The molecule has 0 aromatic rings. The fourth-order valence-electron chi connectivity index (χ4n) is 4.15. The molecule has 2 aliphatic heterocycles. The van der Waals surface area contributed by atoms with Gasteiger partial charge in [0.1, 0.15) is 0 Å². The molecule has 0 spiro atoms. The lowest BCUT2D eigenvalue weighted by atomic mass is 9.75. The number of fused-ring (bicyclic) bond motifs is 2. The molecule has 3 rings (SSSR count). The van der Waals surface area contributed by atoms with Gasteiger partial charge in [-0.15, -0.1) is 0 Å². The largest absolute Gasteiger partial charge is 0.343 e. The highest BCUT2D eigenvalue weighted by Crippen LogP contribution is 2.46. The third kappa shape index (κ3) is 2.50. The van der Waals surface area contributed by atoms with Crippen molar-refractivity contribution in [2.75, 3.05) is 0 Å². The summed E-state index contributed by atoms with van der Waals surface area (Å²) in [5.41, 5.74) is 0. The van der Waals surface area contributed by atoms with Gasteiger partial charge in [-0.05, 0) is 49.5 Å². The van der Waals surface area contributed by atoms with Crippen LogP contribution in [0.5, 0.6) is 0 Å². The van der Waals surface area contributed by atoms with Gasteiger partial charge in [0, 0.05) is 5.92 Å². The minimum Gasteiger partial charge on any atom is -0.343 e. The lowest BCUT2D eigenvalue weighted by molar-refractivity contribution is -0.230. The monoisotopic (exact) mass is 264 g/mol. The zero-order valence-electron chi connectivity index (χ0n) is 12.8. The van der Waals surface area contributed by atoms with Crippen LogP contribution in [-0.4, -0.2) is 18.0 Å². The lowest BCUT2D eigenvalue weighted by Gasteiger charge is -2.40. The number of ether oxygens (including phenoxy) is 2. The smallest absolute Gasteiger partial charge is 0.191 e. The Morgan fingerprint density at radius 2 is 1.95 bits per heavy atom. The Morgan fingerprint density at radius 1 is 1.16 bits per heavy atom. The quantitative estimate of drug-likeness (QED) is 0.713. The predicted molar refractivity (Wildman–Crippen MR) is 76.7 cm³/mol. The average molecular weight is 264 g/mol. The number of hydrogen-bond acceptors (Lipinski definition) is 2. The summed E-state index contributed by atoms with van der Waals surface area (Å²) < 4.78 is 12.6. The van der Waals surface area contributed by atoms with Crippen LogP contribution in [0.1, 0.15) is 53.4 Å². The topological polar surface area (TPSA) is 18.5 Å². The molecule has 2 heterocycles. The normalized spacial score (nSPS) is 49.2. The van der Waals surface area contributed by atoms with E-state index in [9.17, 15) is 0 Å². The molecule has 1 saturated heterocycles. The average Bonchev–Trinajstić information content (AvgIpc) is 2.84. The number of hydrogen-bond donors (Lipinski definition) is 0. The van der Waals surface area contributed by atoms with Crippen LogP contribution in [0.3, 0.4) is 0 Å². The first-order valence-corrected chi connectivity index (χ1v) is 8.03. The first-order chi connectivity index (χ1) is 8.98. The molecule has 2 heteroatoms. The second kappa shape index (κ2) is 4.89. The zero-order chi connectivity index (χ0) is 13.6. The molecule has 1 aliphatic carbocycles. The summed E-state index contributed by atoms with van der Waals surface area (Å²) in [7, 11) is 0. The maximum absolute atomic E-state index is 6.48. The van der Waals surface area contributed by atoms with Gasteiger partial charge in [-0.1, -0.05) is 33.8 Å². The Labute approximate surface area is 117 Å². The summed E-state index contributed by atoms with van der Waals surface area (Å²) in [5.74, 6) is 2.45. The van der Waals surface area contributed by atoms with E-state index in [4.69, 9.17) is 9.47 Å². The summed E-state index contributed by atoms with van der Waals surface area (Å²) in [6.07, 6.45) is 9.92. The SMILES string of the molecule is CC1CC(OC23C=CC(CC2C)O3)CC(C(C)C)C1. The summed E-state index contributed by atoms with van der Waals surface area (Å²) in [5, 5.41) is 0. The van der Waals surface area contributed by atoms with E-state index in [0.717, 1.165) is 24.2 Å². The molecular weight excluding hydrogens is 236 g/mol. The van der Waals surface area contributed by atoms with Crippen LogP contribution in [0.25, 0.3) is 0 Å². The summed E-state index contributed by atoms with van der Waals surface area (Å²) in [4.78, 5) is 0. The van der Waals surface area contributed by atoms with Crippen molar-refractivity contribution >= 4 is 0 Å². The van der Waals surface area contributed by atoms with Gasteiger partial charge < -0.3 is 9.47 Å².